The van der Waals surface area contributed by atoms with Gasteiger partial charge < -0.3 is 5.11 Å². The van der Waals surface area contributed by atoms with Crippen LogP contribution in [0.2, 0.25) is 0 Å². The molecule has 0 aliphatic carbocycles. The van der Waals surface area contributed by atoms with E-state index in [1.54, 1.807) is 4.68 Å². The lowest BCUT2D eigenvalue weighted by Crippen LogP contribution is -2.01. The van der Waals surface area contributed by atoms with E-state index < -0.39 is 5.97 Å². The predicted molar refractivity (Wildman–Crippen MR) is 59.4 cm³/mol. The van der Waals surface area contributed by atoms with Gasteiger partial charge in [0.15, 0.2) is 0 Å². The maximum atomic E-state index is 10.3. The van der Waals surface area contributed by atoms with Crippen molar-refractivity contribution in [3.05, 3.63) is 15.9 Å². The Kier molecular flexibility index (Phi) is 4.00. The second-order valence-electron chi connectivity index (χ2n) is 2.86. The molecule has 6 heteroatoms. The summed E-state index contributed by atoms with van der Waals surface area (Å²) in [5.41, 5.74) is 1.95. The molecular weight excluding hydrogens is 268 g/mol. The van der Waals surface area contributed by atoms with Gasteiger partial charge in [0.05, 0.1) is 21.6 Å². The van der Waals surface area contributed by atoms with Crippen LogP contribution < -0.4 is 0 Å². The van der Waals surface area contributed by atoms with E-state index in [0.717, 1.165) is 15.9 Å². The third kappa shape index (κ3) is 2.75. The zero-order valence-corrected chi connectivity index (χ0v) is 10.4. The summed E-state index contributed by atoms with van der Waals surface area (Å²) in [6.45, 7) is 1.91. The van der Waals surface area contributed by atoms with Gasteiger partial charge in [-0.1, -0.05) is 0 Å². The number of halogens is 1. The average molecular weight is 279 g/mol. The van der Waals surface area contributed by atoms with Crippen molar-refractivity contribution in [2.24, 2.45) is 7.05 Å². The fourth-order valence-electron chi connectivity index (χ4n) is 1.07. The predicted octanol–water partition coefficient (Wildman–Crippen LogP) is 1.81. The van der Waals surface area contributed by atoms with E-state index in [0.29, 0.717) is 5.75 Å². The van der Waals surface area contributed by atoms with Crippen molar-refractivity contribution in [3.8, 4) is 0 Å². The number of nitrogens with zero attached hydrogens (tertiary/aromatic N) is 2. The summed E-state index contributed by atoms with van der Waals surface area (Å²) in [5, 5.41) is 12.7. The third-order valence-corrected chi connectivity index (χ3v) is 3.69. The Balaban J connectivity index is 2.62. The fraction of sp³-hybridized carbons (Fsp3) is 0.500. The molecule has 0 saturated carbocycles. The second-order valence-corrected chi connectivity index (χ2v) is 4.63. The average Bonchev–Trinajstić information content (AvgIpc) is 2.31. The van der Waals surface area contributed by atoms with Crippen molar-refractivity contribution in [1.29, 1.82) is 0 Å². The maximum absolute atomic E-state index is 10.3. The molecule has 1 heterocycles. The molecule has 1 N–H and O–H groups in total. The van der Waals surface area contributed by atoms with Crippen molar-refractivity contribution in [1.82, 2.24) is 9.78 Å². The van der Waals surface area contributed by atoms with Crippen molar-refractivity contribution in [2.75, 3.05) is 5.75 Å². The first-order valence-electron chi connectivity index (χ1n) is 4.00. The molecule has 0 spiro atoms. The Morgan fingerprint density at radius 3 is 2.79 bits per heavy atom. The number of carbonyl (C=O) groups is 1. The highest BCUT2D eigenvalue weighted by Gasteiger charge is 2.10. The van der Waals surface area contributed by atoms with Gasteiger partial charge in [-0.3, -0.25) is 9.48 Å². The molecular formula is C8H11BrN2O2S. The first-order valence-corrected chi connectivity index (χ1v) is 5.94. The van der Waals surface area contributed by atoms with Crippen LogP contribution in [-0.2, 0) is 17.6 Å². The molecule has 0 unspecified atom stereocenters. The standard InChI is InChI=1S/C8H11BrN2O2S/c1-5-8(9)6(11(2)10-5)3-14-4-7(12)13/h3-4H2,1-2H3,(H,12,13). The van der Waals surface area contributed by atoms with Gasteiger partial charge in [0.25, 0.3) is 0 Å². The van der Waals surface area contributed by atoms with Gasteiger partial charge in [0, 0.05) is 12.8 Å². The lowest BCUT2D eigenvalue weighted by molar-refractivity contribution is -0.133. The molecule has 0 amide bonds. The molecule has 0 aliphatic heterocycles. The Morgan fingerprint density at radius 2 is 2.36 bits per heavy atom. The van der Waals surface area contributed by atoms with E-state index in [1.807, 2.05) is 14.0 Å². The number of carboxylic acids is 1. The minimum absolute atomic E-state index is 0.122. The molecule has 4 nitrogen and oxygen atoms in total. The molecule has 1 aromatic rings. The molecule has 1 aromatic heterocycles. The maximum Gasteiger partial charge on any atom is 0.313 e. The molecule has 0 bridgehead atoms. The Bertz CT molecular complexity index is 351. The molecule has 0 atom stereocenters. The molecule has 1 rings (SSSR count). The van der Waals surface area contributed by atoms with Crippen molar-refractivity contribution >= 4 is 33.7 Å². The number of hydrogen-bond donors (Lipinski definition) is 1. The Labute approximate surface area is 94.8 Å². The second kappa shape index (κ2) is 4.84. The Hall–Kier alpha value is -0.490. The zero-order chi connectivity index (χ0) is 10.7. The molecule has 14 heavy (non-hydrogen) atoms. The van der Waals surface area contributed by atoms with Crippen molar-refractivity contribution in [2.45, 2.75) is 12.7 Å². The zero-order valence-electron chi connectivity index (χ0n) is 7.95. The number of carboxylic acid groups (broad SMARTS) is 1. The van der Waals surface area contributed by atoms with Gasteiger partial charge >= 0.3 is 5.97 Å². The van der Waals surface area contributed by atoms with Crippen LogP contribution in [0.1, 0.15) is 11.4 Å². The van der Waals surface area contributed by atoms with Crippen LogP contribution >= 0.6 is 27.7 Å². The number of thioether (sulfide) groups is 1. The summed E-state index contributed by atoms with van der Waals surface area (Å²) in [7, 11) is 1.86. The normalized spacial score (nSPS) is 10.5. The van der Waals surface area contributed by atoms with Crippen LogP contribution in [0.25, 0.3) is 0 Å². The van der Waals surface area contributed by atoms with Gasteiger partial charge in [-0.05, 0) is 22.9 Å². The van der Waals surface area contributed by atoms with Gasteiger partial charge in [-0.25, -0.2) is 0 Å². The summed E-state index contributed by atoms with van der Waals surface area (Å²) in [6.07, 6.45) is 0. The van der Waals surface area contributed by atoms with Gasteiger partial charge in [-0.2, -0.15) is 5.10 Å². The highest BCUT2D eigenvalue weighted by molar-refractivity contribution is 9.10. The summed E-state index contributed by atoms with van der Waals surface area (Å²) >= 11 is 4.79. The molecule has 0 radical (unpaired) electrons. The first kappa shape index (κ1) is 11.6. The van der Waals surface area contributed by atoms with Gasteiger partial charge in [-0.15, -0.1) is 11.8 Å². The SMILES string of the molecule is Cc1nn(C)c(CSCC(=O)O)c1Br. The van der Waals surface area contributed by atoms with E-state index in [-0.39, 0.29) is 5.75 Å². The first-order chi connectivity index (χ1) is 6.52. The molecule has 0 aliphatic rings. The lowest BCUT2D eigenvalue weighted by atomic mass is 10.4. The molecule has 0 fully saturated rings. The van der Waals surface area contributed by atoms with E-state index in [2.05, 4.69) is 21.0 Å². The minimum Gasteiger partial charge on any atom is -0.481 e. The monoisotopic (exact) mass is 278 g/mol. The highest BCUT2D eigenvalue weighted by atomic mass is 79.9. The smallest absolute Gasteiger partial charge is 0.313 e. The topological polar surface area (TPSA) is 55.1 Å². The highest BCUT2D eigenvalue weighted by Crippen LogP contribution is 2.24. The van der Waals surface area contributed by atoms with E-state index in [4.69, 9.17) is 5.11 Å². The molecule has 0 saturated heterocycles. The fourth-order valence-corrected chi connectivity index (χ4v) is 2.53. The van der Waals surface area contributed by atoms with Crippen LogP contribution in [0.4, 0.5) is 0 Å². The van der Waals surface area contributed by atoms with Crippen LogP contribution in [0.15, 0.2) is 4.47 Å². The molecule has 78 valence electrons. The number of hydrogen-bond acceptors (Lipinski definition) is 3. The quantitative estimate of drug-likeness (QED) is 0.913. The number of rotatable bonds is 4. The minimum atomic E-state index is -0.787. The number of aromatic nitrogens is 2. The number of aryl methyl sites for hydroxylation is 2. The summed E-state index contributed by atoms with van der Waals surface area (Å²) < 4.78 is 2.74. The number of aliphatic carboxylic acids is 1. The third-order valence-electron chi connectivity index (χ3n) is 1.73. The molecule has 0 aromatic carbocycles. The van der Waals surface area contributed by atoms with Crippen LogP contribution in [0.5, 0.6) is 0 Å². The van der Waals surface area contributed by atoms with Crippen LogP contribution in [-0.4, -0.2) is 26.6 Å². The van der Waals surface area contributed by atoms with Crippen molar-refractivity contribution in [3.63, 3.8) is 0 Å². The van der Waals surface area contributed by atoms with E-state index in [1.165, 1.54) is 11.8 Å². The summed E-state index contributed by atoms with van der Waals surface area (Å²) in [5.74, 6) is -0.00836. The van der Waals surface area contributed by atoms with E-state index in [9.17, 15) is 4.79 Å². The van der Waals surface area contributed by atoms with Crippen LogP contribution in [0, 0.1) is 6.92 Å². The lowest BCUT2D eigenvalue weighted by Gasteiger charge is -2.00. The largest absolute Gasteiger partial charge is 0.481 e. The van der Waals surface area contributed by atoms with E-state index >= 15 is 0 Å². The van der Waals surface area contributed by atoms with Gasteiger partial charge in [0.2, 0.25) is 0 Å². The Morgan fingerprint density at radius 1 is 1.71 bits per heavy atom. The summed E-state index contributed by atoms with van der Waals surface area (Å²) in [4.78, 5) is 10.3. The van der Waals surface area contributed by atoms with Crippen LogP contribution in [0.3, 0.4) is 0 Å². The van der Waals surface area contributed by atoms with Gasteiger partial charge in [0.1, 0.15) is 0 Å². The summed E-state index contributed by atoms with van der Waals surface area (Å²) in [6, 6.07) is 0. The van der Waals surface area contributed by atoms with Crippen molar-refractivity contribution < 1.29 is 9.90 Å².